The highest BCUT2D eigenvalue weighted by molar-refractivity contribution is 7.89. The minimum absolute atomic E-state index is 0.0524. The summed E-state index contributed by atoms with van der Waals surface area (Å²) in [7, 11) is 3.38. The molecule has 0 radical (unpaired) electrons. The van der Waals surface area contributed by atoms with Crippen molar-refractivity contribution in [3.8, 4) is 11.5 Å². The van der Waals surface area contributed by atoms with Gasteiger partial charge in [0, 0.05) is 32.2 Å². The highest BCUT2D eigenvalue weighted by Crippen LogP contribution is 2.65. The van der Waals surface area contributed by atoms with E-state index in [2.05, 4.69) is 5.32 Å². The van der Waals surface area contributed by atoms with E-state index in [1.165, 1.54) is 0 Å². The lowest BCUT2D eigenvalue weighted by Gasteiger charge is -2.63. The Bertz CT molecular complexity index is 1300. The number of methoxy groups -OCH3 is 1. The van der Waals surface area contributed by atoms with Gasteiger partial charge in [-0.15, -0.1) is 0 Å². The van der Waals surface area contributed by atoms with E-state index in [1.54, 1.807) is 23.5 Å². The van der Waals surface area contributed by atoms with E-state index in [-0.39, 0.29) is 17.0 Å². The number of para-hydroxylation sites is 1. The van der Waals surface area contributed by atoms with Crippen molar-refractivity contribution in [2.75, 3.05) is 39.7 Å². The molecule has 1 saturated heterocycles. The average molecular weight is 500 g/mol. The van der Waals surface area contributed by atoms with Crippen molar-refractivity contribution >= 4 is 15.7 Å². The zero-order valence-corrected chi connectivity index (χ0v) is 21.4. The van der Waals surface area contributed by atoms with E-state index in [0.717, 1.165) is 11.1 Å². The van der Waals surface area contributed by atoms with Crippen molar-refractivity contribution in [3.63, 3.8) is 0 Å². The molecule has 6 rings (SSSR count). The van der Waals surface area contributed by atoms with E-state index >= 15 is 0 Å². The molecule has 35 heavy (non-hydrogen) atoms. The first-order valence-corrected chi connectivity index (χ1v) is 13.7. The zero-order valence-electron chi connectivity index (χ0n) is 20.6. The Morgan fingerprint density at radius 2 is 1.97 bits per heavy atom. The summed E-state index contributed by atoms with van der Waals surface area (Å²) in [4.78, 5) is 2.09. The van der Waals surface area contributed by atoms with E-state index in [0.29, 0.717) is 49.4 Å². The predicted octanol–water partition coefficient (Wildman–Crippen LogP) is 1.89. The van der Waals surface area contributed by atoms with Crippen LogP contribution in [-0.4, -0.2) is 76.4 Å². The Morgan fingerprint density at radius 1 is 1.20 bits per heavy atom. The molecule has 2 aliphatic heterocycles. The number of ether oxygens (including phenoxy) is 2. The monoisotopic (exact) mass is 499 g/mol. The highest BCUT2D eigenvalue weighted by atomic mass is 32.2. The molecule has 188 valence electrons. The van der Waals surface area contributed by atoms with E-state index in [1.807, 2.05) is 50.3 Å². The van der Waals surface area contributed by atoms with Crippen LogP contribution < -0.4 is 19.7 Å². The van der Waals surface area contributed by atoms with Gasteiger partial charge in [0.15, 0.2) is 11.5 Å². The van der Waals surface area contributed by atoms with Gasteiger partial charge in [-0.2, -0.15) is 4.31 Å². The fraction of sp³-hybridized carbons (Fsp3) is 0.538. The molecule has 4 aliphatic rings. The van der Waals surface area contributed by atoms with Crippen LogP contribution in [0.15, 0.2) is 41.3 Å². The van der Waals surface area contributed by atoms with Gasteiger partial charge < -0.3 is 24.8 Å². The Labute approximate surface area is 206 Å². The molecule has 0 aromatic heterocycles. The van der Waals surface area contributed by atoms with Crippen molar-refractivity contribution < 1.29 is 23.0 Å². The fourth-order valence-electron chi connectivity index (χ4n) is 7.41. The first kappa shape index (κ1) is 23.1. The van der Waals surface area contributed by atoms with Crippen molar-refractivity contribution in [2.45, 2.75) is 59.8 Å². The number of aliphatic hydroxyl groups is 1. The lowest BCUT2D eigenvalue weighted by molar-refractivity contribution is -0.175. The summed E-state index contributed by atoms with van der Waals surface area (Å²) in [6.45, 7) is 0.323. The van der Waals surface area contributed by atoms with Crippen LogP contribution in [0, 0.1) is 0 Å². The molecule has 8 nitrogen and oxygen atoms in total. The summed E-state index contributed by atoms with van der Waals surface area (Å²) in [6, 6.07) is 10.5. The average Bonchev–Trinajstić information content (AvgIpc) is 3.19. The SMILES string of the molecule is CN[C@@H]1CC[C@@]2(O)[C@H]3Cc4ccc(OC)c5c4[C@@]2(CCN3S(=O)(=O)c2ccccc2N(C)C)[C@H]1O5. The quantitative estimate of drug-likeness (QED) is 0.649. The second-order valence-electron chi connectivity index (χ2n) is 10.4. The summed E-state index contributed by atoms with van der Waals surface area (Å²) in [5.74, 6) is 1.38. The van der Waals surface area contributed by atoms with E-state index < -0.39 is 27.1 Å². The minimum atomic E-state index is -3.86. The molecule has 2 heterocycles. The molecule has 0 unspecified atom stereocenters. The van der Waals surface area contributed by atoms with Gasteiger partial charge in [0.1, 0.15) is 11.0 Å². The molecule has 2 aliphatic carbocycles. The van der Waals surface area contributed by atoms with Crippen LogP contribution in [0.1, 0.15) is 30.4 Å². The Morgan fingerprint density at radius 3 is 2.69 bits per heavy atom. The third-order valence-corrected chi connectivity index (χ3v) is 10.9. The summed E-state index contributed by atoms with van der Waals surface area (Å²) < 4.78 is 42.2. The summed E-state index contributed by atoms with van der Waals surface area (Å²) in [6.07, 6.45) is 1.83. The summed E-state index contributed by atoms with van der Waals surface area (Å²) in [5, 5.41) is 16.0. The number of hydrogen-bond acceptors (Lipinski definition) is 7. The number of piperidine rings is 1. The third-order valence-electron chi connectivity index (χ3n) is 8.92. The van der Waals surface area contributed by atoms with Crippen LogP contribution in [0.25, 0.3) is 0 Å². The number of hydrogen-bond donors (Lipinski definition) is 2. The molecule has 9 heteroatoms. The largest absolute Gasteiger partial charge is 0.493 e. The standard InChI is InChI=1S/C26H33N3O5S/c1-27-17-11-12-26(30)21-15-16-9-10-19(33-4)23-22(16)25(26,24(17)34-23)13-14-29(21)35(31,32)20-8-6-5-7-18(20)28(2)3/h5-10,17,21,24,27,30H,11-15H2,1-4H3/t17-,21-,24+,25+,26-/m1/s1. The van der Waals surface area contributed by atoms with Gasteiger partial charge in [-0.3, -0.25) is 0 Å². The van der Waals surface area contributed by atoms with Gasteiger partial charge in [-0.1, -0.05) is 18.2 Å². The second-order valence-corrected chi connectivity index (χ2v) is 12.3. The molecule has 2 aromatic carbocycles. The third kappa shape index (κ3) is 2.75. The normalized spacial score (nSPS) is 33.1. The Kier molecular flexibility index (Phi) is 5.00. The van der Waals surface area contributed by atoms with Crippen LogP contribution in [0.3, 0.4) is 0 Å². The summed E-state index contributed by atoms with van der Waals surface area (Å²) in [5.41, 5.74) is 0.771. The van der Waals surface area contributed by atoms with Gasteiger partial charge in [0.2, 0.25) is 10.0 Å². The molecule has 5 atom stereocenters. The maximum absolute atomic E-state index is 14.2. The number of nitrogens with zero attached hydrogens (tertiary/aromatic N) is 2. The molecule has 0 amide bonds. The van der Waals surface area contributed by atoms with Crippen LogP contribution in [-0.2, 0) is 21.9 Å². The molecule has 1 saturated carbocycles. The van der Waals surface area contributed by atoms with Crippen molar-refractivity contribution in [2.24, 2.45) is 0 Å². The summed E-state index contributed by atoms with van der Waals surface area (Å²) >= 11 is 0. The maximum Gasteiger partial charge on any atom is 0.245 e. The lowest BCUT2D eigenvalue weighted by atomic mass is 9.49. The van der Waals surface area contributed by atoms with Crippen LogP contribution in [0.5, 0.6) is 11.5 Å². The number of sulfonamides is 1. The molecule has 1 spiro atoms. The van der Waals surface area contributed by atoms with Gasteiger partial charge in [0.05, 0.1) is 29.9 Å². The number of rotatable bonds is 5. The first-order valence-electron chi connectivity index (χ1n) is 12.3. The fourth-order valence-corrected chi connectivity index (χ4v) is 9.34. The van der Waals surface area contributed by atoms with Crippen molar-refractivity contribution in [1.29, 1.82) is 0 Å². The molecule has 2 N–H and O–H groups in total. The number of likely N-dealkylation sites (N-methyl/N-ethyl adjacent to an activating group) is 1. The highest BCUT2D eigenvalue weighted by Gasteiger charge is 2.73. The van der Waals surface area contributed by atoms with Crippen LogP contribution in [0.2, 0.25) is 0 Å². The minimum Gasteiger partial charge on any atom is -0.493 e. The number of benzene rings is 2. The van der Waals surface area contributed by atoms with Crippen molar-refractivity contribution in [1.82, 2.24) is 9.62 Å². The Balaban J connectivity index is 1.54. The van der Waals surface area contributed by atoms with Crippen LogP contribution in [0.4, 0.5) is 5.69 Å². The second kappa shape index (κ2) is 7.59. The van der Waals surface area contributed by atoms with Gasteiger partial charge in [0.25, 0.3) is 0 Å². The number of anilines is 1. The van der Waals surface area contributed by atoms with Crippen molar-refractivity contribution in [3.05, 3.63) is 47.5 Å². The first-order chi connectivity index (χ1) is 16.7. The number of nitrogens with one attached hydrogen (secondary N) is 1. The van der Waals surface area contributed by atoms with Gasteiger partial charge >= 0.3 is 0 Å². The van der Waals surface area contributed by atoms with E-state index in [9.17, 15) is 13.5 Å². The molecule has 2 aromatic rings. The lowest BCUT2D eigenvalue weighted by Crippen LogP contribution is -2.78. The van der Waals surface area contributed by atoms with Crippen LogP contribution >= 0.6 is 0 Å². The topological polar surface area (TPSA) is 91.3 Å². The smallest absolute Gasteiger partial charge is 0.245 e. The molecular formula is C26H33N3O5S. The van der Waals surface area contributed by atoms with E-state index in [4.69, 9.17) is 9.47 Å². The molecular weight excluding hydrogens is 466 g/mol. The predicted molar refractivity (Wildman–Crippen MR) is 133 cm³/mol. The molecule has 2 bridgehead atoms. The Hall–Kier alpha value is -2.33. The molecule has 2 fully saturated rings. The zero-order chi connectivity index (χ0) is 24.8. The van der Waals surface area contributed by atoms with Gasteiger partial charge in [-0.05, 0) is 56.5 Å². The maximum atomic E-state index is 14.2. The van der Waals surface area contributed by atoms with Gasteiger partial charge in [-0.25, -0.2) is 8.42 Å².